The van der Waals surface area contributed by atoms with Crippen molar-refractivity contribution in [3.63, 3.8) is 0 Å². The maximum Gasteiger partial charge on any atom is 0.401 e. The van der Waals surface area contributed by atoms with Crippen molar-refractivity contribution in [2.24, 2.45) is 17.8 Å². The van der Waals surface area contributed by atoms with Gasteiger partial charge in [0.2, 0.25) is 0 Å². The smallest absolute Gasteiger partial charge is 0.305 e. The Kier molecular flexibility index (Phi) is 5.35. The Morgan fingerprint density at radius 1 is 1.15 bits per heavy atom. The van der Waals surface area contributed by atoms with E-state index in [9.17, 15) is 13.2 Å². The molecule has 2 atom stereocenters. The van der Waals surface area contributed by atoms with Crippen LogP contribution < -0.4 is 5.32 Å². The van der Waals surface area contributed by atoms with Gasteiger partial charge in [-0.15, -0.1) is 0 Å². The molecule has 1 heterocycles. The Labute approximate surface area is 120 Å². The van der Waals surface area contributed by atoms with Gasteiger partial charge in [-0.1, -0.05) is 26.7 Å². The standard InChI is InChI=1S/C15H27F3N2/c1-11(2)7-20-8-13(5-12-3-4-12)6-14(9-20)19-10-15(16,17)18/h11-14,19H,3-10H2,1-2H3. The monoisotopic (exact) mass is 292 g/mol. The van der Waals surface area contributed by atoms with Crippen LogP contribution >= 0.6 is 0 Å². The molecule has 0 amide bonds. The molecule has 2 rings (SSSR count). The Bertz CT molecular complexity index is 288. The average molecular weight is 292 g/mol. The van der Waals surface area contributed by atoms with Gasteiger partial charge in [-0.05, 0) is 30.6 Å². The molecule has 2 nitrogen and oxygen atoms in total. The fourth-order valence-electron chi connectivity index (χ4n) is 3.37. The van der Waals surface area contributed by atoms with E-state index in [0.29, 0.717) is 11.8 Å². The van der Waals surface area contributed by atoms with Crippen molar-refractivity contribution in [3.05, 3.63) is 0 Å². The molecule has 1 aliphatic carbocycles. The van der Waals surface area contributed by atoms with E-state index in [2.05, 4.69) is 24.1 Å². The molecule has 5 heteroatoms. The van der Waals surface area contributed by atoms with E-state index in [-0.39, 0.29) is 6.04 Å². The molecule has 2 unspecified atom stereocenters. The minimum Gasteiger partial charge on any atom is -0.305 e. The summed E-state index contributed by atoms with van der Waals surface area (Å²) in [4.78, 5) is 2.36. The highest BCUT2D eigenvalue weighted by molar-refractivity contribution is 4.87. The molecule has 20 heavy (non-hydrogen) atoms. The number of alkyl halides is 3. The highest BCUT2D eigenvalue weighted by Gasteiger charge is 2.34. The van der Waals surface area contributed by atoms with Gasteiger partial charge in [0.05, 0.1) is 6.54 Å². The molecule has 0 aromatic heterocycles. The van der Waals surface area contributed by atoms with Gasteiger partial charge in [0.1, 0.15) is 0 Å². The Hall–Kier alpha value is -0.290. The van der Waals surface area contributed by atoms with Crippen molar-refractivity contribution in [2.45, 2.75) is 51.7 Å². The molecule has 0 spiro atoms. The van der Waals surface area contributed by atoms with Crippen molar-refractivity contribution in [2.75, 3.05) is 26.2 Å². The maximum atomic E-state index is 12.4. The van der Waals surface area contributed by atoms with Gasteiger partial charge in [0.15, 0.2) is 0 Å². The van der Waals surface area contributed by atoms with E-state index in [1.165, 1.54) is 19.3 Å². The molecular weight excluding hydrogens is 265 g/mol. The number of hydrogen-bond acceptors (Lipinski definition) is 2. The third-order valence-corrected chi connectivity index (χ3v) is 4.19. The molecule has 118 valence electrons. The number of likely N-dealkylation sites (tertiary alicyclic amines) is 1. The Morgan fingerprint density at radius 3 is 2.40 bits per heavy atom. The van der Waals surface area contributed by atoms with Crippen LogP contribution in [0, 0.1) is 17.8 Å². The summed E-state index contributed by atoms with van der Waals surface area (Å²) in [6.07, 6.45) is 0.648. The average Bonchev–Trinajstić information content (AvgIpc) is 3.08. The summed E-state index contributed by atoms with van der Waals surface area (Å²) in [5.41, 5.74) is 0. The van der Waals surface area contributed by atoms with E-state index in [1.54, 1.807) is 0 Å². The molecule has 0 aromatic carbocycles. The van der Waals surface area contributed by atoms with E-state index in [1.807, 2.05) is 0 Å². The number of rotatable bonds is 6. The van der Waals surface area contributed by atoms with E-state index in [0.717, 1.165) is 32.0 Å². The first-order valence-corrected chi connectivity index (χ1v) is 7.84. The van der Waals surface area contributed by atoms with E-state index < -0.39 is 12.7 Å². The van der Waals surface area contributed by atoms with Crippen LogP contribution in [0.4, 0.5) is 13.2 Å². The fraction of sp³-hybridized carbons (Fsp3) is 1.00. The van der Waals surface area contributed by atoms with Crippen LogP contribution in [0.3, 0.4) is 0 Å². The lowest BCUT2D eigenvalue weighted by molar-refractivity contribution is -0.127. The Morgan fingerprint density at radius 2 is 1.85 bits per heavy atom. The topological polar surface area (TPSA) is 15.3 Å². The SMILES string of the molecule is CC(C)CN1CC(CC2CC2)CC(NCC(F)(F)F)C1. The van der Waals surface area contributed by atoms with Gasteiger partial charge >= 0.3 is 6.18 Å². The van der Waals surface area contributed by atoms with Crippen molar-refractivity contribution < 1.29 is 13.2 Å². The molecule has 1 saturated carbocycles. The van der Waals surface area contributed by atoms with Gasteiger partial charge in [-0.2, -0.15) is 13.2 Å². The summed E-state index contributed by atoms with van der Waals surface area (Å²) in [5, 5.41) is 2.72. The van der Waals surface area contributed by atoms with Crippen LogP contribution in [0.25, 0.3) is 0 Å². The maximum absolute atomic E-state index is 12.4. The van der Waals surface area contributed by atoms with Gasteiger partial charge in [-0.25, -0.2) is 0 Å². The summed E-state index contributed by atoms with van der Waals surface area (Å²) >= 11 is 0. The molecule has 0 radical (unpaired) electrons. The highest BCUT2D eigenvalue weighted by atomic mass is 19.4. The van der Waals surface area contributed by atoms with Crippen molar-refractivity contribution in [3.8, 4) is 0 Å². The fourth-order valence-corrected chi connectivity index (χ4v) is 3.37. The number of nitrogens with zero attached hydrogens (tertiary/aromatic N) is 1. The molecular formula is C15H27F3N2. The van der Waals surface area contributed by atoms with Crippen LogP contribution in [-0.2, 0) is 0 Å². The minimum atomic E-state index is -4.10. The van der Waals surface area contributed by atoms with Crippen molar-refractivity contribution in [1.29, 1.82) is 0 Å². The second-order valence-corrected chi connectivity index (χ2v) is 7.09. The lowest BCUT2D eigenvalue weighted by Crippen LogP contribution is -2.51. The second kappa shape index (κ2) is 6.65. The van der Waals surface area contributed by atoms with Crippen LogP contribution in [0.1, 0.15) is 39.5 Å². The molecule has 1 N–H and O–H groups in total. The summed E-state index contributed by atoms with van der Waals surface area (Å²) in [5.74, 6) is 1.99. The van der Waals surface area contributed by atoms with Gasteiger partial charge in [0.25, 0.3) is 0 Å². The summed E-state index contributed by atoms with van der Waals surface area (Å²) < 4.78 is 37.1. The number of halogens is 3. The zero-order valence-electron chi connectivity index (χ0n) is 12.5. The second-order valence-electron chi connectivity index (χ2n) is 7.09. The molecule has 2 fully saturated rings. The van der Waals surface area contributed by atoms with Gasteiger partial charge in [0, 0.05) is 25.7 Å². The first kappa shape index (κ1) is 16.1. The van der Waals surface area contributed by atoms with Gasteiger partial charge in [-0.3, -0.25) is 0 Å². The molecule has 0 bridgehead atoms. The number of piperidine rings is 1. The Balaban J connectivity index is 1.85. The normalized spacial score (nSPS) is 29.1. The number of nitrogens with one attached hydrogen (secondary N) is 1. The quantitative estimate of drug-likeness (QED) is 0.808. The third-order valence-electron chi connectivity index (χ3n) is 4.19. The lowest BCUT2D eigenvalue weighted by Gasteiger charge is -2.39. The summed E-state index contributed by atoms with van der Waals surface area (Å²) in [6, 6.07) is -0.00660. The van der Waals surface area contributed by atoms with E-state index >= 15 is 0 Å². The predicted molar refractivity (Wildman–Crippen MR) is 74.6 cm³/mol. The predicted octanol–water partition coefficient (Wildman–Crippen LogP) is 3.28. The zero-order chi connectivity index (χ0) is 14.8. The van der Waals surface area contributed by atoms with Crippen molar-refractivity contribution in [1.82, 2.24) is 10.2 Å². The zero-order valence-corrected chi connectivity index (χ0v) is 12.5. The largest absolute Gasteiger partial charge is 0.401 e. The molecule has 1 aliphatic heterocycles. The number of hydrogen-bond donors (Lipinski definition) is 1. The van der Waals surface area contributed by atoms with E-state index in [4.69, 9.17) is 0 Å². The molecule has 0 aromatic rings. The van der Waals surface area contributed by atoms with Crippen LogP contribution in [0.5, 0.6) is 0 Å². The third kappa shape index (κ3) is 6.00. The highest BCUT2D eigenvalue weighted by Crippen LogP contribution is 2.37. The van der Waals surface area contributed by atoms with Gasteiger partial charge < -0.3 is 10.2 Å². The summed E-state index contributed by atoms with van der Waals surface area (Å²) in [6.45, 7) is 6.30. The first-order chi connectivity index (χ1) is 9.32. The van der Waals surface area contributed by atoms with Crippen LogP contribution in [0.15, 0.2) is 0 Å². The lowest BCUT2D eigenvalue weighted by atomic mass is 9.89. The minimum absolute atomic E-state index is 0.00660. The summed E-state index contributed by atoms with van der Waals surface area (Å²) in [7, 11) is 0. The molecule has 1 saturated heterocycles. The van der Waals surface area contributed by atoms with Crippen molar-refractivity contribution >= 4 is 0 Å². The molecule has 2 aliphatic rings. The van der Waals surface area contributed by atoms with Crippen LogP contribution in [-0.4, -0.2) is 43.3 Å². The van der Waals surface area contributed by atoms with Crippen LogP contribution in [0.2, 0.25) is 0 Å². The first-order valence-electron chi connectivity index (χ1n) is 7.84.